The van der Waals surface area contributed by atoms with Crippen LogP contribution < -0.4 is 5.69 Å². The van der Waals surface area contributed by atoms with Crippen LogP contribution in [0.1, 0.15) is 12.1 Å². The molecular weight excluding hydrogens is 347 g/mol. The summed E-state index contributed by atoms with van der Waals surface area (Å²) in [5, 5.41) is 7.08. The van der Waals surface area contributed by atoms with Crippen LogP contribution in [0.3, 0.4) is 0 Å². The lowest BCUT2D eigenvalue weighted by atomic mass is 10.2. The highest BCUT2D eigenvalue weighted by atomic mass is 32.2. The van der Waals surface area contributed by atoms with Gasteiger partial charge >= 0.3 is 5.69 Å². The summed E-state index contributed by atoms with van der Waals surface area (Å²) in [5.41, 5.74) is 1.17. The normalized spacial score (nSPS) is 11.1. The molecule has 0 bridgehead atoms. The Morgan fingerprint density at radius 2 is 2.16 bits per heavy atom. The highest BCUT2D eigenvalue weighted by molar-refractivity contribution is 7.98. The van der Waals surface area contributed by atoms with E-state index in [1.165, 1.54) is 23.9 Å². The van der Waals surface area contributed by atoms with Crippen LogP contribution in [-0.4, -0.2) is 33.5 Å². The van der Waals surface area contributed by atoms with E-state index in [4.69, 9.17) is 9.15 Å². The van der Waals surface area contributed by atoms with E-state index < -0.39 is 0 Å². The van der Waals surface area contributed by atoms with Crippen molar-refractivity contribution in [2.75, 3.05) is 13.7 Å². The third-order valence-corrected chi connectivity index (χ3v) is 4.46. The fraction of sp³-hybridized carbons (Fsp3) is 0.312. The standard InChI is InChI=1S/C16H17FN4O3S/c1-23-8-2-7-21-15(22)19-20-16(21)25-10-13-9-24-14(18-13)11-3-5-12(17)6-4-11/h3-6,9H,2,7-8,10H2,1H3,(H,19,22). The van der Waals surface area contributed by atoms with Gasteiger partial charge in [-0.2, -0.15) is 0 Å². The van der Waals surface area contributed by atoms with Gasteiger partial charge < -0.3 is 9.15 Å². The lowest BCUT2D eigenvalue weighted by Crippen LogP contribution is -2.18. The molecule has 0 saturated carbocycles. The number of aromatic nitrogens is 4. The highest BCUT2D eigenvalue weighted by Crippen LogP contribution is 2.23. The van der Waals surface area contributed by atoms with Crippen molar-refractivity contribution in [1.29, 1.82) is 0 Å². The number of halogens is 1. The first-order chi connectivity index (χ1) is 12.2. The van der Waals surface area contributed by atoms with Crippen LogP contribution >= 0.6 is 11.8 Å². The second-order valence-electron chi connectivity index (χ2n) is 5.25. The molecule has 132 valence electrons. The largest absolute Gasteiger partial charge is 0.444 e. The minimum absolute atomic E-state index is 0.245. The molecule has 3 aromatic rings. The molecule has 0 amide bonds. The minimum atomic E-state index is -0.309. The Labute approximate surface area is 147 Å². The van der Waals surface area contributed by atoms with Crippen molar-refractivity contribution in [1.82, 2.24) is 19.7 Å². The molecule has 0 aliphatic rings. The summed E-state index contributed by atoms with van der Waals surface area (Å²) in [6, 6.07) is 5.94. The minimum Gasteiger partial charge on any atom is -0.444 e. The van der Waals surface area contributed by atoms with Gasteiger partial charge in [0.1, 0.15) is 12.1 Å². The average Bonchev–Trinajstić information content (AvgIpc) is 3.22. The van der Waals surface area contributed by atoms with Gasteiger partial charge in [-0.1, -0.05) is 11.8 Å². The van der Waals surface area contributed by atoms with Crippen molar-refractivity contribution < 1.29 is 13.5 Å². The van der Waals surface area contributed by atoms with E-state index in [0.717, 1.165) is 6.42 Å². The number of rotatable bonds is 8. The van der Waals surface area contributed by atoms with E-state index in [2.05, 4.69) is 15.2 Å². The molecule has 25 heavy (non-hydrogen) atoms. The molecule has 0 atom stereocenters. The lowest BCUT2D eigenvalue weighted by Gasteiger charge is -2.03. The van der Waals surface area contributed by atoms with Crippen molar-refractivity contribution in [2.24, 2.45) is 0 Å². The number of benzene rings is 1. The first-order valence-corrected chi connectivity index (χ1v) is 8.63. The molecule has 0 spiro atoms. The summed E-state index contributed by atoms with van der Waals surface area (Å²) in [6.07, 6.45) is 2.27. The Bertz CT molecular complexity index is 872. The summed E-state index contributed by atoms with van der Waals surface area (Å²) >= 11 is 1.39. The van der Waals surface area contributed by atoms with Crippen LogP contribution in [0.25, 0.3) is 11.5 Å². The van der Waals surface area contributed by atoms with E-state index in [1.807, 2.05) is 0 Å². The molecule has 2 heterocycles. The quantitative estimate of drug-likeness (QED) is 0.489. The van der Waals surface area contributed by atoms with Crippen LogP contribution in [0, 0.1) is 5.82 Å². The first-order valence-electron chi connectivity index (χ1n) is 7.64. The molecule has 0 aliphatic heterocycles. The van der Waals surface area contributed by atoms with Crippen molar-refractivity contribution in [2.45, 2.75) is 23.9 Å². The van der Waals surface area contributed by atoms with Gasteiger partial charge in [-0.3, -0.25) is 4.57 Å². The molecule has 0 saturated heterocycles. The van der Waals surface area contributed by atoms with Gasteiger partial charge in [-0.05, 0) is 30.7 Å². The zero-order valence-electron chi connectivity index (χ0n) is 13.6. The van der Waals surface area contributed by atoms with Crippen molar-refractivity contribution in [3.63, 3.8) is 0 Å². The number of aromatic amines is 1. The fourth-order valence-electron chi connectivity index (χ4n) is 2.21. The molecule has 0 fully saturated rings. The maximum absolute atomic E-state index is 13.0. The molecule has 1 N–H and O–H groups in total. The zero-order chi connectivity index (χ0) is 17.6. The predicted molar refractivity (Wildman–Crippen MR) is 90.8 cm³/mol. The third kappa shape index (κ3) is 4.37. The van der Waals surface area contributed by atoms with Crippen LogP contribution in [0.5, 0.6) is 0 Å². The van der Waals surface area contributed by atoms with Crippen LogP contribution in [0.4, 0.5) is 4.39 Å². The molecule has 1 aromatic carbocycles. The first kappa shape index (κ1) is 17.4. The Morgan fingerprint density at radius 3 is 2.92 bits per heavy atom. The summed E-state index contributed by atoms with van der Waals surface area (Å²) in [7, 11) is 1.62. The van der Waals surface area contributed by atoms with Gasteiger partial charge in [-0.15, -0.1) is 5.10 Å². The second kappa shape index (κ2) is 8.13. The van der Waals surface area contributed by atoms with Crippen LogP contribution in [0.15, 0.2) is 44.9 Å². The zero-order valence-corrected chi connectivity index (χ0v) is 14.4. The number of thioether (sulfide) groups is 1. The van der Waals surface area contributed by atoms with Gasteiger partial charge in [-0.25, -0.2) is 19.3 Å². The van der Waals surface area contributed by atoms with Gasteiger partial charge in [0.25, 0.3) is 0 Å². The summed E-state index contributed by atoms with van der Waals surface area (Å²) < 4.78 is 25.0. The molecule has 9 heteroatoms. The van der Waals surface area contributed by atoms with Gasteiger partial charge in [0, 0.05) is 31.6 Å². The number of oxazole rings is 1. The van der Waals surface area contributed by atoms with Crippen molar-refractivity contribution in [3.05, 3.63) is 52.5 Å². The van der Waals surface area contributed by atoms with Crippen molar-refractivity contribution >= 4 is 11.8 Å². The maximum atomic E-state index is 13.0. The Kier molecular flexibility index (Phi) is 5.67. The highest BCUT2D eigenvalue weighted by Gasteiger charge is 2.12. The summed E-state index contributed by atoms with van der Waals surface area (Å²) in [5.74, 6) is 0.616. The van der Waals surface area contributed by atoms with Gasteiger partial charge in [0.05, 0.1) is 5.69 Å². The molecule has 0 unspecified atom stereocenters. The van der Waals surface area contributed by atoms with Crippen molar-refractivity contribution in [3.8, 4) is 11.5 Å². The smallest absolute Gasteiger partial charge is 0.343 e. The third-order valence-electron chi connectivity index (χ3n) is 3.45. The number of H-pyrrole nitrogens is 1. The molecule has 7 nitrogen and oxygen atoms in total. The van der Waals surface area contributed by atoms with E-state index in [9.17, 15) is 9.18 Å². The van der Waals surface area contributed by atoms with Gasteiger partial charge in [0.2, 0.25) is 5.89 Å². The number of nitrogens with one attached hydrogen (secondary N) is 1. The predicted octanol–water partition coefficient (Wildman–Crippen LogP) is 2.69. The monoisotopic (exact) mass is 364 g/mol. The lowest BCUT2D eigenvalue weighted by molar-refractivity contribution is 0.189. The van der Waals surface area contributed by atoms with Gasteiger partial charge in [0.15, 0.2) is 5.16 Å². The Balaban J connectivity index is 1.65. The summed E-state index contributed by atoms with van der Waals surface area (Å²) in [4.78, 5) is 16.2. The average molecular weight is 364 g/mol. The van der Waals surface area contributed by atoms with E-state index >= 15 is 0 Å². The second-order valence-corrected chi connectivity index (χ2v) is 6.19. The Morgan fingerprint density at radius 1 is 1.36 bits per heavy atom. The number of hydrogen-bond acceptors (Lipinski definition) is 6. The number of nitrogens with zero attached hydrogens (tertiary/aromatic N) is 3. The molecule has 2 aromatic heterocycles. The fourth-order valence-corrected chi connectivity index (χ4v) is 3.06. The van der Waals surface area contributed by atoms with Crippen LogP contribution in [-0.2, 0) is 17.0 Å². The SMILES string of the molecule is COCCCn1c(SCc2coc(-c3ccc(F)cc3)n2)n[nH]c1=O. The summed E-state index contributed by atoms with van der Waals surface area (Å²) in [6.45, 7) is 1.11. The number of ether oxygens (including phenoxy) is 1. The van der Waals surface area contributed by atoms with E-state index in [-0.39, 0.29) is 11.5 Å². The molecule has 3 rings (SSSR count). The van der Waals surface area contributed by atoms with E-state index in [1.54, 1.807) is 30.1 Å². The van der Waals surface area contributed by atoms with Crippen LogP contribution in [0.2, 0.25) is 0 Å². The molecular formula is C16H17FN4O3S. The number of hydrogen-bond donors (Lipinski definition) is 1. The number of methoxy groups -OCH3 is 1. The molecule has 0 radical (unpaired) electrons. The Hall–Kier alpha value is -2.39. The topological polar surface area (TPSA) is 85.9 Å². The maximum Gasteiger partial charge on any atom is 0.343 e. The molecule has 0 aliphatic carbocycles. The van der Waals surface area contributed by atoms with E-state index in [0.29, 0.717) is 41.2 Å².